The Morgan fingerprint density at radius 2 is 1.88 bits per heavy atom. The van der Waals surface area contributed by atoms with Gasteiger partial charge in [0.2, 0.25) is 0 Å². The maximum absolute atomic E-state index is 14.0. The second-order valence-electron chi connectivity index (χ2n) is 5.92. The lowest BCUT2D eigenvalue weighted by atomic mass is 10.1. The maximum Gasteiger partial charge on any atom is 0.258 e. The van der Waals surface area contributed by atoms with E-state index in [1.54, 1.807) is 37.5 Å². The van der Waals surface area contributed by atoms with Crippen LogP contribution in [0.15, 0.2) is 65.4 Å². The summed E-state index contributed by atoms with van der Waals surface area (Å²) in [5.74, 6) is -1.07. The first kappa shape index (κ1) is 16.0. The molecule has 0 saturated heterocycles. The zero-order valence-corrected chi connectivity index (χ0v) is 13.9. The molecule has 0 radical (unpaired) electrons. The van der Waals surface area contributed by atoms with Crippen molar-refractivity contribution >= 4 is 22.6 Å². The van der Waals surface area contributed by atoms with Crippen LogP contribution in [0.3, 0.4) is 0 Å². The van der Waals surface area contributed by atoms with Crippen molar-refractivity contribution in [1.82, 2.24) is 10.1 Å². The Morgan fingerprint density at radius 3 is 2.65 bits per heavy atom. The van der Waals surface area contributed by atoms with Crippen molar-refractivity contribution in [2.75, 3.05) is 5.32 Å². The van der Waals surface area contributed by atoms with Gasteiger partial charge in [-0.25, -0.2) is 4.39 Å². The fourth-order valence-corrected chi connectivity index (χ4v) is 2.74. The molecule has 0 saturated carbocycles. The quantitative estimate of drug-likeness (QED) is 0.588. The standard InChI is InChI=1S/C20H14FN3O2/c1-12-2-4-15(17(21)10-12)20(25)23-14-3-5-16-18(11-14)26-24-19(16)13-6-8-22-9-7-13/h2-11H,1H3,(H,23,25). The van der Waals surface area contributed by atoms with Gasteiger partial charge in [0.15, 0.2) is 5.58 Å². The van der Waals surface area contributed by atoms with E-state index < -0.39 is 11.7 Å². The molecule has 0 spiro atoms. The molecule has 2 aromatic heterocycles. The van der Waals surface area contributed by atoms with Gasteiger partial charge in [-0.2, -0.15) is 0 Å². The molecule has 1 amide bonds. The predicted octanol–water partition coefficient (Wildman–Crippen LogP) is 4.59. The van der Waals surface area contributed by atoms with E-state index in [2.05, 4.69) is 15.5 Å². The third kappa shape index (κ3) is 2.93. The van der Waals surface area contributed by atoms with Gasteiger partial charge in [-0.1, -0.05) is 11.2 Å². The fraction of sp³-hybridized carbons (Fsp3) is 0.0500. The van der Waals surface area contributed by atoms with Crippen LogP contribution in [0.5, 0.6) is 0 Å². The summed E-state index contributed by atoms with van der Waals surface area (Å²) < 4.78 is 19.3. The average molecular weight is 347 g/mol. The van der Waals surface area contributed by atoms with Crippen LogP contribution in [0.25, 0.3) is 22.2 Å². The highest BCUT2D eigenvalue weighted by molar-refractivity contribution is 6.05. The van der Waals surface area contributed by atoms with Crippen molar-refractivity contribution in [3.05, 3.63) is 77.9 Å². The molecule has 26 heavy (non-hydrogen) atoms. The number of halogens is 1. The number of carbonyl (C=O) groups is 1. The molecular weight excluding hydrogens is 333 g/mol. The van der Waals surface area contributed by atoms with Crippen molar-refractivity contribution in [3.8, 4) is 11.3 Å². The number of nitrogens with zero attached hydrogens (tertiary/aromatic N) is 2. The number of hydrogen-bond donors (Lipinski definition) is 1. The summed E-state index contributed by atoms with van der Waals surface area (Å²) in [4.78, 5) is 16.3. The normalized spacial score (nSPS) is 10.8. The fourth-order valence-electron chi connectivity index (χ4n) is 2.74. The number of hydrogen-bond acceptors (Lipinski definition) is 4. The van der Waals surface area contributed by atoms with Crippen molar-refractivity contribution in [3.63, 3.8) is 0 Å². The molecule has 1 N–H and O–H groups in total. The molecule has 0 aliphatic rings. The van der Waals surface area contributed by atoms with Crippen molar-refractivity contribution in [2.45, 2.75) is 6.92 Å². The number of carbonyl (C=O) groups excluding carboxylic acids is 1. The van der Waals surface area contributed by atoms with Gasteiger partial charge in [-0.05, 0) is 48.9 Å². The highest BCUT2D eigenvalue weighted by atomic mass is 19.1. The third-order valence-electron chi connectivity index (χ3n) is 4.05. The van der Waals surface area contributed by atoms with Gasteiger partial charge in [0.05, 0.1) is 5.56 Å². The number of amides is 1. The summed E-state index contributed by atoms with van der Waals surface area (Å²) in [6.07, 6.45) is 3.36. The van der Waals surface area contributed by atoms with Gasteiger partial charge in [-0.15, -0.1) is 0 Å². The van der Waals surface area contributed by atoms with E-state index in [1.165, 1.54) is 12.1 Å². The van der Waals surface area contributed by atoms with E-state index in [0.717, 1.165) is 16.5 Å². The lowest BCUT2D eigenvalue weighted by molar-refractivity contribution is 0.102. The topological polar surface area (TPSA) is 68.0 Å². The third-order valence-corrected chi connectivity index (χ3v) is 4.05. The molecular formula is C20H14FN3O2. The van der Waals surface area contributed by atoms with E-state index in [4.69, 9.17) is 4.52 Å². The molecule has 0 aliphatic heterocycles. The number of fused-ring (bicyclic) bond motifs is 1. The van der Waals surface area contributed by atoms with Crippen molar-refractivity contribution < 1.29 is 13.7 Å². The van der Waals surface area contributed by atoms with E-state index in [1.807, 2.05) is 18.2 Å². The summed E-state index contributed by atoms with van der Waals surface area (Å²) in [6, 6.07) is 13.4. The molecule has 5 nitrogen and oxygen atoms in total. The Hall–Kier alpha value is -3.54. The first-order chi connectivity index (χ1) is 12.6. The smallest absolute Gasteiger partial charge is 0.258 e. The predicted molar refractivity (Wildman–Crippen MR) is 96.3 cm³/mol. The summed E-state index contributed by atoms with van der Waals surface area (Å²) >= 11 is 0. The molecule has 0 unspecified atom stereocenters. The zero-order valence-electron chi connectivity index (χ0n) is 13.9. The minimum atomic E-state index is -0.553. The molecule has 0 bridgehead atoms. The molecule has 2 heterocycles. The number of rotatable bonds is 3. The molecule has 0 fully saturated rings. The van der Waals surface area contributed by atoms with E-state index in [0.29, 0.717) is 17.0 Å². The summed E-state index contributed by atoms with van der Waals surface area (Å²) in [7, 11) is 0. The molecule has 6 heteroatoms. The lowest BCUT2D eigenvalue weighted by Crippen LogP contribution is -2.13. The highest BCUT2D eigenvalue weighted by Crippen LogP contribution is 2.29. The number of pyridine rings is 1. The van der Waals surface area contributed by atoms with Gasteiger partial charge < -0.3 is 9.84 Å². The Balaban J connectivity index is 1.63. The molecule has 0 atom stereocenters. The number of anilines is 1. The lowest BCUT2D eigenvalue weighted by Gasteiger charge is -2.06. The molecule has 4 rings (SSSR count). The number of benzene rings is 2. The Kier molecular flexibility index (Phi) is 3.93. The maximum atomic E-state index is 14.0. The van der Waals surface area contributed by atoms with Crippen LogP contribution in [-0.2, 0) is 0 Å². The zero-order chi connectivity index (χ0) is 18.1. The Labute approximate surface area is 148 Å². The summed E-state index contributed by atoms with van der Waals surface area (Å²) in [5.41, 5.74) is 3.36. The Morgan fingerprint density at radius 1 is 1.08 bits per heavy atom. The first-order valence-electron chi connectivity index (χ1n) is 7.99. The SMILES string of the molecule is Cc1ccc(C(=O)Nc2ccc3c(-c4ccncc4)noc3c2)c(F)c1. The molecule has 4 aromatic rings. The van der Waals surface area contributed by atoms with Crippen molar-refractivity contribution in [2.24, 2.45) is 0 Å². The summed E-state index contributed by atoms with van der Waals surface area (Å²) in [6.45, 7) is 1.77. The number of aromatic nitrogens is 2. The monoisotopic (exact) mass is 347 g/mol. The van der Waals surface area contributed by atoms with E-state index in [9.17, 15) is 9.18 Å². The van der Waals surface area contributed by atoms with Crippen LogP contribution in [0.1, 0.15) is 15.9 Å². The summed E-state index contributed by atoms with van der Waals surface area (Å²) in [5, 5.41) is 7.59. The van der Waals surface area contributed by atoms with Gasteiger partial charge in [-0.3, -0.25) is 9.78 Å². The van der Waals surface area contributed by atoms with Crippen LogP contribution in [0.2, 0.25) is 0 Å². The Bertz CT molecular complexity index is 1110. The van der Waals surface area contributed by atoms with Crippen molar-refractivity contribution in [1.29, 1.82) is 0 Å². The number of aryl methyl sites for hydroxylation is 1. The minimum absolute atomic E-state index is 0.00857. The molecule has 128 valence electrons. The average Bonchev–Trinajstić information content (AvgIpc) is 3.05. The molecule has 2 aromatic carbocycles. The van der Waals surface area contributed by atoms with Gasteiger partial charge in [0.1, 0.15) is 11.5 Å². The molecule has 0 aliphatic carbocycles. The van der Waals surface area contributed by atoms with Gasteiger partial charge in [0.25, 0.3) is 5.91 Å². The second-order valence-corrected chi connectivity index (χ2v) is 5.92. The van der Waals surface area contributed by atoms with E-state index >= 15 is 0 Å². The van der Waals surface area contributed by atoms with E-state index in [-0.39, 0.29) is 5.56 Å². The number of nitrogens with one attached hydrogen (secondary N) is 1. The first-order valence-corrected chi connectivity index (χ1v) is 7.99. The van der Waals surface area contributed by atoms with Gasteiger partial charge in [0, 0.05) is 35.1 Å². The second kappa shape index (κ2) is 6.40. The van der Waals surface area contributed by atoms with Crippen LogP contribution in [0, 0.1) is 12.7 Å². The highest BCUT2D eigenvalue weighted by Gasteiger charge is 2.14. The minimum Gasteiger partial charge on any atom is -0.356 e. The van der Waals surface area contributed by atoms with Crippen LogP contribution in [-0.4, -0.2) is 16.0 Å². The van der Waals surface area contributed by atoms with Crippen LogP contribution >= 0.6 is 0 Å². The van der Waals surface area contributed by atoms with Crippen LogP contribution in [0.4, 0.5) is 10.1 Å². The van der Waals surface area contributed by atoms with Crippen LogP contribution < -0.4 is 5.32 Å². The largest absolute Gasteiger partial charge is 0.356 e. The van der Waals surface area contributed by atoms with Gasteiger partial charge >= 0.3 is 0 Å².